The van der Waals surface area contributed by atoms with Gasteiger partial charge < -0.3 is 5.11 Å². The van der Waals surface area contributed by atoms with Crippen LogP contribution >= 0.6 is 0 Å². The molecule has 0 radical (unpaired) electrons. The van der Waals surface area contributed by atoms with E-state index in [4.69, 9.17) is 9.90 Å². The van der Waals surface area contributed by atoms with Crippen molar-refractivity contribution in [2.45, 2.75) is 13.3 Å². The second kappa shape index (κ2) is 6.07. The third-order valence-electron chi connectivity index (χ3n) is 3.86. The number of rotatable bonds is 1. The lowest BCUT2D eigenvalue weighted by molar-refractivity contribution is -0.123. The molecule has 4 rings (SSSR count). The van der Waals surface area contributed by atoms with Crippen LogP contribution in [-0.4, -0.2) is 44.3 Å². The van der Waals surface area contributed by atoms with Crippen molar-refractivity contribution in [1.82, 2.24) is 19.8 Å². The Morgan fingerprint density at radius 3 is 2.88 bits per heavy atom. The van der Waals surface area contributed by atoms with Gasteiger partial charge in [0.2, 0.25) is 5.91 Å². The number of likely N-dealkylation sites (N-methyl/N-ethyl adjacent to an activating group) is 1. The first kappa shape index (κ1) is 15.6. The Labute approximate surface area is 137 Å². The molecule has 0 saturated carbocycles. The average Bonchev–Trinajstić information content (AvgIpc) is 3.04. The summed E-state index contributed by atoms with van der Waals surface area (Å²) in [6.07, 6.45) is 3.91. The minimum absolute atomic E-state index is 0.0768. The Kier molecular flexibility index (Phi) is 3.95. The third-order valence-corrected chi connectivity index (χ3v) is 3.86. The first-order chi connectivity index (χ1) is 11.6. The Morgan fingerprint density at radius 1 is 1.38 bits per heavy atom. The number of fused-ring (bicyclic) bond motifs is 2. The molecule has 0 atom stereocenters. The predicted molar refractivity (Wildman–Crippen MR) is 86.8 cm³/mol. The zero-order valence-electron chi connectivity index (χ0n) is 13.2. The molecule has 0 spiro atoms. The molecule has 4 heterocycles. The van der Waals surface area contributed by atoms with Gasteiger partial charge in [0.1, 0.15) is 5.82 Å². The zero-order chi connectivity index (χ0) is 17.3. The van der Waals surface area contributed by atoms with Crippen molar-refractivity contribution in [2.24, 2.45) is 0 Å². The molecular formula is C16H15N5O3. The monoisotopic (exact) mass is 325 g/mol. The summed E-state index contributed by atoms with van der Waals surface area (Å²) in [4.78, 5) is 26.2. The normalized spacial score (nSPS) is 12.8. The number of pyridine rings is 1. The van der Waals surface area contributed by atoms with Crippen LogP contribution in [0.5, 0.6) is 0 Å². The number of aromatic nitrogens is 4. The second-order valence-corrected chi connectivity index (χ2v) is 5.30. The standard InChI is InChI=1S/C15H13N5O.CH2O2/c1-9-14(12-4-3-5-17-20(12)18-9)11-6-10-7-13(21)19(2)15(10)16-8-11;2-1-3/h3-6,8H,7H2,1-2H3;1H,(H,2,3). The lowest BCUT2D eigenvalue weighted by Crippen LogP contribution is -2.21. The van der Waals surface area contributed by atoms with Crippen LogP contribution in [0.4, 0.5) is 5.82 Å². The molecule has 3 aromatic heterocycles. The van der Waals surface area contributed by atoms with Gasteiger partial charge in [-0.3, -0.25) is 14.5 Å². The first-order valence-electron chi connectivity index (χ1n) is 7.21. The predicted octanol–water partition coefficient (Wildman–Crippen LogP) is 1.32. The number of anilines is 1. The maximum atomic E-state index is 11.8. The van der Waals surface area contributed by atoms with Gasteiger partial charge in [0, 0.05) is 36.1 Å². The van der Waals surface area contributed by atoms with Crippen molar-refractivity contribution < 1.29 is 14.7 Å². The van der Waals surface area contributed by atoms with Crippen LogP contribution in [0.3, 0.4) is 0 Å². The van der Waals surface area contributed by atoms with Gasteiger partial charge in [-0.25, -0.2) is 4.98 Å². The summed E-state index contributed by atoms with van der Waals surface area (Å²) >= 11 is 0. The number of hydrogen-bond donors (Lipinski definition) is 1. The van der Waals surface area contributed by atoms with E-state index in [1.54, 1.807) is 29.0 Å². The van der Waals surface area contributed by atoms with E-state index in [9.17, 15) is 4.79 Å². The zero-order valence-corrected chi connectivity index (χ0v) is 13.2. The quantitative estimate of drug-likeness (QED) is 0.677. The molecule has 0 aromatic carbocycles. The summed E-state index contributed by atoms with van der Waals surface area (Å²) in [5.74, 6) is 0.823. The molecule has 24 heavy (non-hydrogen) atoms. The van der Waals surface area contributed by atoms with Gasteiger partial charge in [-0.2, -0.15) is 14.8 Å². The van der Waals surface area contributed by atoms with Gasteiger partial charge in [0.05, 0.1) is 17.6 Å². The molecule has 0 unspecified atom stereocenters. The molecule has 0 aliphatic carbocycles. The summed E-state index contributed by atoms with van der Waals surface area (Å²) in [6, 6.07) is 5.89. The fourth-order valence-corrected chi connectivity index (χ4v) is 2.83. The highest BCUT2D eigenvalue weighted by atomic mass is 16.3. The number of amides is 1. The highest BCUT2D eigenvalue weighted by Gasteiger charge is 2.26. The van der Waals surface area contributed by atoms with Crippen molar-refractivity contribution >= 4 is 23.7 Å². The van der Waals surface area contributed by atoms with Crippen LogP contribution in [-0.2, 0) is 16.0 Å². The fourth-order valence-electron chi connectivity index (χ4n) is 2.83. The Hall–Kier alpha value is -3.29. The van der Waals surface area contributed by atoms with Gasteiger partial charge in [0.15, 0.2) is 0 Å². The molecule has 0 fully saturated rings. The smallest absolute Gasteiger partial charge is 0.290 e. The largest absolute Gasteiger partial charge is 0.483 e. The number of aryl methyl sites for hydroxylation is 1. The van der Waals surface area contributed by atoms with Crippen molar-refractivity contribution in [3.05, 3.63) is 41.9 Å². The van der Waals surface area contributed by atoms with E-state index in [-0.39, 0.29) is 12.4 Å². The van der Waals surface area contributed by atoms with E-state index in [2.05, 4.69) is 15.2 Å². The van der Waals surface area contributed by atoms with E-state index in [1.807, 2.05) is 25.1 Å². The highest BCUT2D eigenvalue weighted by Crippen LogP contribution is 2.32. The minimum Gasteiger partial charge on any atom is -0.483 e. The van der Waals surface area contributed by atoms with Gasteiger partial charge in [0.25, 0.3) is 6.47 Å². The number of nitrogens with zero attached hydrogens (tertiary/aromatic N) is 5. The van der Waals surface area contributed by atoms with Crippen LogP contribution in [0, 0.1) is 6.92 Å². The average molecular weight is 325 g/mol. The van der Waals surface area contributed by atoms with E-state index >= 15 is 0 Å². The topological polar surface area (TPSA) is 101 Å². The van der Waals surface area contributed by atoms with E-state index < -0.39 is 0 Å². The number of carbonyl (C=O) groups excluding carboxylic acids is 1. The fraction of sp³-hybridized carbons (Fsp3) is 0.188. The number of hydrogen-bond acceptors (Lipinski definition) is 5. The first-order valence-corrected chi connectivity index (χ1v) is 7.21. The van der Waals surface area contributed by atoms with Crippen LogP contribution in [0.25, 0.3) is 16.6 Å². The van der Waals surface area contributed by atoms with Crippen molar-refractivity contribution in [2.75, 3.05) is 11.9 Å². The maximum Gasteiger partial charge on any atom is 0.290 e. The highest BCUT2D eigenvalue weighted by molar-refractivity contribution is 6.00. The molecule has 1 amide bonds. The van der Waals surface area contributed by atoms with Gasteiger partial charge in [-0.05, 0) is 25.1 Å². The van der Waals surface area contributed by atoms with Crippen LogP contribution in [0.2, 0.25) is 0 Å². The van der Waals surface area contributed by atoms with Crippen molar-refractivity contribution in [1.29, 1.82) is 0 Å². The van der Waals surface area contributed by atoms with E-state index in [0.29, 0.717) is 6.42 Å². The number of carbonyl (C=O) groups is 2. The summed E-state index contributed by atoms with van der Waals surface area (Å²) in [5, 5.41) is 15.5. The Balaban J connectivity index is 0.000000526. The third kappa shape index (κ3) is 2.47. The van der Waals surface area contributed by atoms with Crippen LogP contribution < -0.4 is 4.90 Å². The molecule has 1 aliphatic heterocycles. The molecule has 8 nitrogen and oxygen atoms in total. The maximum absolute atomic E-state index is 11.8. The van der Waals surface area contributed by atoms with E-state index in [0.717, 1.165) is 33.7 Å². The summed E-state index contributed by atoms with van der Waals surface area (Å²) in [5.41, 5.74) is 4.78. The molecule has 0 bridgehead atoms. The molecule has 122 valence electrons. The van der Waals surface area contributed by atoms with Gasteiger partial charge in [-0.15, -0.1) is 0 Å². The summed E-state index contributed by atoms with van der Waals surface area (Å²) in [6.45, 7) is 1.70. The molecule has 1 aliphatic rings. The minimum atomic E-state index is -0.250. The van der Waals surface area contributed by atoms with Crippen LogP contribution in [0.1, 0.15) is 11.3 Å². The van der Waals surface area contributed by atoms with Crippen molar-refractivity contribution in [3.8, 4) is 11.1 Å². The molecule has 1 N–H and O–H groups in total. The molecule has 8 heteroatoms. The summed E-state index contributed by atoms with van der Waals surface area (Å²) < 4.78 is 1.62. The van der Waals surface area contributed by atoms with Gasteiger partial charge in [-0.1, -0.05) is 0 Å². The molecule has 3 aromatic rings. The molecule has 0 saturated heterocycles. The number of carboxylic acid groups (broad SMARTS) is 1. The van der Waals surface area contributed by atoms with Gasteiger partial charge >= 0.3 is 0 Å². The van der Waals surface area contributed by atoms with E-state index in [1.165, 1.54) is 0 Å². The second-order valence-electron chi connectivity index (χ2n) is 5.30. The Morgan fingerprint density at radius 2 is 2.12 bits per heavy atom. The van der Waals surface area contributed by atoms with Crippen molar-refractivity contribution in [3.63, 3.8) is 0 Å². The lowest BCUT2D eigenvalue weighted by Gasteiger charge is -2.09. The Bertz CT molecular complexity index is 935. The molecular weight excluding hydrogens is 310 g/mol. The lowest BCUT2D eigenvalue weighted by atomic mass is 10.0. The van der Waals surface area contributed by atoms with Crippen LogP contribution in [0.15, 0.2) is 30.6 Å². The summed E-state index contributed by atoms with van der Waals surface area (Å²) in [7, 11) is 1.76. The SMILES string of the molecule is Cc1nn2ncccc2c1-c1cnc2c(c1)CC(=O)N2C.O=CO.